The number of rotatable bonds is 9. The van der Waals surface area contributed by atoms with Gasteiger partial charge in [0.05, 0.1) is 19.3 Å². The predicted molar refractivity (Wildman–Crippen MR) is 82.7 cm³/mol. The molecule has 20 heavy (non-hydrogen) atoms. The Morgan fingerprint density at radius 1 is 1.30 bits per heavy atom. The van der Waals surface area contributed by atoms with Gasteiger partial charge in [-0.15, -0.1) is 0 Å². The molecule has 0 amide bonds. The third kappa shape index (κ3) is 5.55. The Hall–Kier alpha value is -0.380. The van der Waals surface area contributed by atoms with E-state index < -0.39 is 0 Å². The molecule has 2 N–H and O–H groups in total. The fraction of sp³-hybridized carbons (Fsp3) is 0.882. The topological polar surface area (TPSA) is 41.5 Å². The molecule has 0 aliphatic heterocycles. The molecule has 1 saturated carbocycles. The SMILES string of the molecule is CC1CC=CCC1COCC(O)CNCCC1CCC1. The largest absolute Gasteiger partial charge is 0.389 e. The summed E-state index contributed by atoms with van der Waals surface area (Å²) in [6, 6.07) is 0. The molecule has 3 atom stereocenters. The monoisotopic (exact) mass is 281 g/mol. The van der Waals surface area contributed by atoms with Gasteiger partial charge in [-0.3, -0.25) is 0 Å². The summed E-state index contributed by atoms with van der Waals surface area (Å²) in [4.78, 5) is 0. The number of aliphatic hydroxyl groups excluding tert-OH is 1. The van der Waals surface area contributed by atoms with Crippen LogP contribution < -0.4 is 5.32 Å². The van der Waals surface area contributed by atoms with E-state index in [9.17, 15) is 5.11 Å². The molecule has 3 unspecified atom stereocenters. The van der Waals surface area contributed by atoms with Crippen LogP contribution >= 0.6 is 0 Å². The van der Waals surface area contributed by atoms with Crippen LogP contribution in [0, 0.1) is 17.8 Å². The van der Waals surface area contributed by atoms with Gasteiger partial charge in [-0.05, 0) is 43.6 Å². The minimum Gasteiger partial charge on any atom is -0.389 e. The van der Waals surface area contributed by atoms with Crippen molar-refractivity contribution in [3.8, 4) is 0 Å². The summed E-state index contributed by atoms with van der Waals surface area (Å²) in [5, 5.41) is 13.2. The van der Waals surface area contributed by atoms with E-state index in [4.69, 9.17) is 4.74 Å². The molecule has 0 aromatic carbocycles. The van der Waals surface area contributed by atoms with E-state index in [1.54, 1.807) is 0 Å². The minimum absolute atomic E-state index is 0.370. The Morgan fingerprint density at radius 2 is 2.10 bits per heavy atom. The van der Waals surface area contributed by atoms with Crippen molar-refractivity contribution in [2.45, 2.75) is 51.6 Å². The van der Waals surface area contributed by atoms with Gasteiger partial charge in [0.1, 0.15) is 0 Å². The molecule has 0 heterocycles. The lowest BCUT2D eigenvalue weighted by Gasteiger charge is -2.26. The maximum absolute atomic E-state index is 9.88. The first kappa shape index (κ1) is 16.0. The molecule has 1 fully saturated rings. The standard InChI is InChI=1S/C17H31NO2/c1-14-5-2-3-8-16(14)12-20-13-17(19)11-18-10-9-15-6-4-7-15/h2-3,14-19H,4-13H2,1H3. The van der Waals surface area contributed by atoms with Gasteiger partial charge in [0.15, 0.2) is 0 Å². The Kier molecular flexibility index (Phi) is 7.05. The summed E-state index contributed by atoms with van der Waals surface area (Å²) in [5.74, 6) is 2.27. The van der Waals surface area contributed by atoms with Crippen molar-refractivity contribution in [3.63, 3.8) is 0 Å². The molecule has 116 valence electrons. The van der Waals surface area contributed by atoms with Gasteiger partial charge < -0.3 is 15.2 Å². The summed E-state index contributed by atoms with van der Waals surface area (Å²) in [6.07, 6.45) is 11.9. The van der Waals surface area contributed by atoms with Crippen molar-refractivity contribution in [2.75, 3.05) is 26.3 Å². The first-order valence-corrected chi connectivity index (χ1v) is 8.37. The highest BCUT2D eigenvalue weighted by atomic mass is 16.5. The summed E-state index contributed by atoms with van der Waals surface area (Å²) in [6.45, 7) is 5.23. The van der Waals surface area contributed by atoms with E-state index in [1.165, 1.54) is 32.1 Å². The molecule has 0 bridgehead atoms. The molecule has 0 spiro atoms. The maximum Gasteiger partial charge on any atom is 0.0897 e. The van der Waals surface area contributed by atoms with Crippen LogP contribution in [-0.4, -0.2) is 37.5 Å². The van der Waals surface area contributed by atoms with Crippen molar-refractivity contribution < 1.29 is 9.84 Å². The Bertz CT molecular complexity index is 289. The second kappa shape index (κ2) is 8.81. The summed E-state index contributed by atoms with van der Waals surface area (Å²) < 4.78 is 5.69. The van der Waals surface area contributed by atoms with Crippen LogP contribution in [0.15, 0.2) is 12.2 Å². The van der Waals surface area contributed by atoms with Crippen LogP contribution in [-0.2, 0) is 4.74 Å². The fourth-order valence-corrected chi connectivity index (χ4v) is 3.01. The van der Waals surface area contributed by atoms with Gasteiger partial charge in [-0.1, -0.05) is 38.3 Å². The highest BCUT2D eigenvalue weighted by Gasteiger charge is 2.19. The quantitative estimate of drug-likeness (QED) is 0.504. The molecule has 0 aromatic rings. The van der Waals surface area contributed by atoms with Crippen LogP contribution in [0.25, 0.3) is 0 Å². The number of aliphatic hydroxyl groups is 1. The molecule has 0 radical (unpaired) electrons. The lowest BCUT2D eigenvalue weighted by atomic mass is 9.83. The minimum atomic E-state index is -0.370. The molecule has 3 nitrogen and oxygen atoms in total. The van der Waals surface area contributed by atoms with Gasteiger partial charge in [0, 0.05) is 6.54 Å². The zero-order chi connectivity index (χ0) is 14.2. The van der Waals surface area contributed by atoms with E-state index in [1.807, 2.05) is 0 Å². The second-order valence-electron chi connectivity index (χ2n) is 6.66. The van der Waals surface area contributed by atoms with Crippen molar-refractivity contribution in [3.05, 3.63) is 12.2 Å². The Balaban J connectivity index is 1.45. The molecule has 2 aliphatic rings. The molecule has 0 aromatic heterocycles. The van der Waals surface area contributed by atoms with Gasteiger partial charge >= 0.3 is 0 Å². The summed E-state index contributed by atoms with van der Waals surface area (Å²) in [5.41, 5.74) is 0. The molecule has 2 rings (SSSR count). The lowest BCUT2D eigenvalue weighted by molar-refractivity contribution is 0.0127. The molecule has 0 saturated heterocycles. The van der Waals surface area contributed by atoms with E-state index in [-0.39, 0.29) is 6.10 Å². The van der Waals surface area contributed by atoms with Crippen molar-refractivity contribution in [1.29, 1.82) is 0 Å². The number of hydrogen-bond donors (Lipinski definition) is 2. The summed E-state index contributed by atoms with van der Waals surface area (Å²) >= 11 is 0. The zero-order valence-electron chi connectivity index (χ0n) is 12.9. The lowest BCUT2D eigenvalue weighted by Crippen LogP contribution is -2.33. The van der Waals surface area contributed by atoms with E-state index in [2.05, 4.69) is 24.4 Å². The van der Waals surface area contributed by atoms with Crippen LogP contribution in [0.4, 0.5) is 0 Å². The second-order valence-corrected chi connectivity index (χ2v) is 6.66. The zero-order valence-corrected chi connectivity index (χ0v) is 12.9. The number of allylic oxidation sites excluding steroid dienone is 2. The van der Waals surface area contributed by atoms with Gasteiger partial charge in [0.2, 0.25) is 0 Å². The van der Waals surface area contributed by atoms with Crippen molar-refractivity contribution in [2.24, 2.45) is 17.8 Å². The number of hydrogen-bond acceptors (Lipinski definition) is 3. The Labute approximate surface area is 123 Å². The van der Waals surface area contributed by atoms with Crippen molar-refractivity contribution in [1.82, 2.24) is 5.32 Å². The van der Waals surface area contributed by atoms with Crippen LogP contribution in [0.2, 0.25) is 0 Å². The van der Waals surface area contributed by atoms with Crippen LogP contribution in [0.3, 0.4) is 0 Å². The first-order chi connectivity index (χ1) is 9.75. The number of nitrogens with one attached hydrogen (secondary N) is 1. The van der Waals surface area contributed by atoms with E-state index in [0.717, 1.165) is 25.5 Å². The first-order valence-electron chi connectivity index (χ1n) is 8.37. The van der Waals surface area contributed by atoms with Gasteiger partial charge in [-0.25, -0.2) is 0 Å². The average Bonchev–Trinajstić information content (AvgIpc) is 2.39. The normalized spacial score (nSPS) is 28.3. The third-order valence-electron chi connectivity index (χ3n) is 4.89. The predicted octanol–water partition coefficient (Wildman–Crippen LogP) is 2.75. The van der Waals surface area contributed by atoms with E-state index >= 15 is 0 Å². The molecular formula is C17H31NO2. The Morgan fingerprint density at radius 3 is 2.80 bits per heavy atom. The number of ether oxygens (including phenoxy) is 1. The smallest absolute Gasteiger partial charge is 0.0897 e. The molecule has 2 aliphatic carbocycles. The highest BCUT2D eigenvalue weighted by molar-refractivity contribution is 4.93. The van der Waals surface area contributed by atoms with Crippen LogP contribution in [0.1, 0.15) is 45.4 Å². The molecular weight excluding hydrogens is 250 g/mol. The molecule has 3 heteroatoms. The van der Waals surface area contributed by atoms with Crippen LogP contribution in [0.5, 0.6) is 0 Å². The van der Waals surface area contributed by atoms with E-state index in [0.29, 0.717) is 25.0 Å². The summed E-state index contributed by atoms with van der Waals surface area (Å²) in [7, 11) is 0. The van der Waals surface area contributed by atoms with Crippen molar-refractivity contribution >= 4 is 0 Å². The fourth-order valence-electron chi connectivity index (χ4n) is 3.01. The van der Waals surface area contributed by atoms with Gasteiger partial charge in [-0.2, -0.15) is 0 Å². The maximum atomic E-state index is 9.88. The third-order valence-corrected chi connectivity index (χ3v) is 4.89. The van der Waals surface area contributed by atoms with Gasteiger partial charge in [0.25, 0.3) is 0 Å². The average molecular weight is 281 g/mol. The highest BCUT2D eigenvalue weighted by Crippen LogP contribution is 2.28.